The maximum absolute atomic E-state index is 10.0. The Morgan fingerprint density at radius 2 is 1.19 bits per heavy atom. The van der Waals surface area contributed by atoms with Crippen LogP contribution in [0, 0.1) is 0 Å². The molecule has 0 aliphatic heterocycles. The number of hydrogen-bond donors (Lipinski definition) is 3. The van der Waals surface area contributed by atoms with Gasteiger partial charge in [0, 0.05) is 17.2 Å². The number of rotatable bonds is 1. The van der Waals surface area contributed by atoms with E-state index in [1.807, 2.05) is 41.5 Å². The van der Waals surface area contributed by atoms with Gasteiger partial charge in [-0.25, -0.2) is 4.79 Å². The quantitative estimate of drug-likeness (QED) is 0.541. The molecule has 0 atom stereocenters. The average molecular weight is 294 g/mol. The molecule has 3 N–H and O–H groups in total. The van der Waals surface area contributed by atoms with Gasteiger partial charge in [0.15, 0.2) is 0 Å². The van der Waals surface area contributed by atoms with Gasteiger partial charge in [-0.05, 0) is 23.0 Å². The fourth-order valence-electron chi connectivity index (χ4n) is 2.10. The number of carboxylic acid groups (broad SMARTS) is 1. The minimum atomic E-state index is -0.981. The molecular formula is C17H26O4. The van der Waals surface area contributed by atoms with E-state index in [1.54, 1.807) is 12.1 Å². The van der Waals surface area contributed by atoms with Crippen molar-refractivity contribution in [2.45, 2.75) is 52.4 Å². The molecule has 0 amide bonds. The Kier molecular flexibility index (Phi) is 6.03. The molecule has 1 rings (SSSR count). The van der Waals surface area contributed by atoms with E-state index in [-0.39, 0.29) is 22.3 Å². The van der Waals surface area contributed by atoms with Crippen molar-refractivity contribution in [2.75, 3.05) is 0 Å². The number of carboxylic acids is 1. The molecule has 118 valence electrons. The average Bonchev–Trinajstić information content (AvgIpc) is 2.29. The molecule has 0 heterocycles. The molecule has 0 spiro atoms. The molecule has 0 aliphatic carbocycles. The van der Waals surface area contributed by atoms with Crippen molar-refractivity contribution in [1.29, 1.82) is 0 Å². The molecule has 0 saturated heterocycles. The van der Waals surface area contributed by atoms with Crippen molar-refractivity contribution >= 4 is 5.97 Å². The van der Waals surface area contributed by atoms with Crippen LogP contribution in [0.15, 0.2) is 24.8 Å². The van der Waals surface area contributed by atoms with Gasteiger partial charge in [-0.15, -0.1) is 0 Å². The SMILES string of the molecule is C=CC(=O)O.CC(C)(C)c1c(O)ccc(O)c1C(C)(C)C. The second-order valence-corrected chi connectivity index (χ2v) is 6.90. The van der Waals surface area contributed by atoms with Gasteiger partial charge in [0.05, 0.1) is 0 Å². The van der Waals surface area contributed by atoms with Crippen molar-refractivity contribution < 1.29 is 20.1 Å². The molecule has 0 aromatic heterocycles. The van der Waals surface area contributed by atoms with Crippen LogP contribution in [0.4, 0.5) is 0 Å². The third kappa shape index (κ3) is 5.50. The van der Waals surface area contributed by atoms with E-state index in [2.05, 4.69) is 6.58 Å². The summed E-state index contributed by atoms with van der Waals surface area (Å²) in [5.74, 6) is -0.463. The third-order valence-electron chi connectivity index (χ3n) is 2.84. The predicted octanol–water partition coefficient (Wildman–Crippen LogP) is 3.95. The third-order valence-corrected chi connectivity index (χ3v) is 2.84. The first-order valence-electron chi connectivity index (χ1n) is 6.73. The molecule has 0 aliphatic rings. The summed E-state index contributed by atoms with van der Waals surface area (Å²) in [6, 6.07) is 3.12. The first-order valence-corrected chi connectivity index (χ1v) is 6.73. The lowest BCUT2D eigenvalue weighted by atomic mass is 9.74. The highest BCUT2D eigenvalue weighted by atomic mass is 16.4. The van der Waals surface area contributed by atoms with E-state index in [9.17, 15) is 15.0 Å². The molecule has 1 aromatic rings. The minimum Gasteiger partial charge on any atom is -0.508 e. The Hall–Kier alpha value is -1.97. The number of phenolic OH excluding ortho intramolecular Hbond substituents is 2. The maximum atomic E-state index is 10.0. The van der Waals surface area contributed by atoms with Gasteiger partial charge >= 0.3 is 5.97 Å². The largest absolute Gasteiger partial charge is 0.508 e. The summed E-state index contributed by atoms with van der Waals surface area (Å²) in [6.45, 7) is 15.2. The van der Waals surface area contributed by atoms with E-state index in [0.29, 0.717) is 0 Å². The highest BCUT2D eigenvalue weighted by Crippen LogP contribution is 2.43. The zero-order valence-corrected chi connectivity index (χ0v) is 13.7. The number of carbonyl (C=O) groups is 1. The van der Waals surface area contributed by atoms with E-state index >= 15 is 0 Å². The summed E-state index contributed by atoms with van der Waals surface area (Å²) in [5, 5.41) is 27.6. The summed E-state index contributed by atoms with van der Waals surface area (Å²) in [6.07, 6.45) is 0.833. The van der Waals surface area contributed by atoms with E-state index in [4.69, 9.17) is 5.11 Å². The molecule has 0 radical (unpaired) electrons. The fraction of sp³-hybridized carbons (Fsp3) is 0.471. The van der Waals surface area contributed by atoms with Gasteiger partial charge in [0.2, 0.25) is 0 Å². The second-order valence-electron chi connectivity index (χ2n) is 6.90. The Labute approximate surface area is 126 Å². The lowest BCUT2D eigenvalue weighted by Crippen LogP contribution is -2.22. The molecule has 0 bridgehead atoms. The summed E-state index contributed by atoms with van der Waals surface area (Å²) >= 11 is 0. The standard InChI is InChI=1S/C14H22O2.C3H4O2/c1-13(2,3)11-9(15)7-8-10(16)12(11)14(4,5)6;1-2-3(4)5/h7-8,15-16H,1-6H3;2H,1H2,(H,4,5). The Bertz CT molecular complexity index is 478. The van der Waals surface area contributed by atoms with Crippen LogP contribution in [-0.4, -0.2) is 21.3 Å². The number of aromatic hydroxyl groups is 2. The van der Waals surface area contributed by atoms with Gasteiger partial charge in [-0.1, -0.05) is 48.1 Å². The molecule has 0 fully saturated rings. The monoisotopic (exact) mass is 294 g/mol. The summed E-state index contributed by atoms with van der Waals surface area (Å²) < 4.78 is 0. The first-order chi connectivity index (χ1) is 9.32. The van der Waals surface area contributed by atoms with Crippen molar-refractivity contribution in [3.63, 3.8) is 0 Å². The van der Waals surface area contributed by atoms with Gasteiger partial charge < -0.3 is 15.3 Å². The van der Waals surface area contributed by atoms with Gasteiger partial charge in [0.1, 0.15) is 11.5 Å². The Morgan fingerprint density at radius 1 is 0.952 bits per heavy atom. The van der Waals surface area contributed by atoms with Crippen molar-refractivity contribution in [1.82, 2.24) is 0 Å². The molecular weight excluding hydrogens is 268 g/mol. The summed E-state index contributed by atoms with van der Waals surface area (Å²) in [4.78, 5) is 9.25. The highest BCUT2D eigenvalue weighted by molar-refractivity contribution is 5.78. The maximum Gasteiger partial charge on any atom is 0.327 e. The predicted molar refractivity (Wildman–Crippen MR) is 85.0 cm³/mol. The minimum absolute atomic E-state index is 0.189. The van der Waals surface area contributed by atoms with Crippen LogP contribution < -0.4 is 0 Å². The molecule has 0 unspecified atom stereocenters. The van der Waals surface area contributed by atoms with Crippen LogP contribution >= 0.6 is 0 Å². The normalized spacial score (nSPS) is 11.3. The molecule has 21 heavy (non-hydrogen) atoms. The van der Waals surface area contributed by atoms with Crippen LogP contribution in [0.25, 0.3) is 0 Å². The first kappa shape index (κ1) is 19.0. The van der Waals surface area contributed by atoms with Crippen LogP contribution in [-0.2, 0) is 15.6 Å². The second kappa shape index (κ2) is 6.66. The lowest BCUT2D eigenvalue weighted by Gasteiger charge is -2.31. The summed E-state index contributed by atoms with van der Waals surface area (Å²) in [5.41, 5.74) is 1.29. The van der Waals surface area contributed by atoms with Crippen molar-refractivity contribution in [3.05, 3.63) is 35.9 Å². The number of benzene rings is 1. The molecule has 0 saturated carbocycles. The van der Waals surface area contributed by atoms with E-state index in [1.165, 1.54) is 0 Å². The van der Waals surface area contributed by atoms with Crippen LogP contribution in [0.3, 0.4) is 0 Å². The smallest absolute Gasteiger partial charge is 0.327 e. The van der Waals surface area contributed by atoms with Crippen LogP contribution in [0.1, 0.15) is 52.7 Å². The molecule has 1 aromatic carbocycles. The van der Waals surface area contributed by atoms with Gasteiger partial charge in [-0.3, -0.25) is 0 Å². The lowest BCUT2D eigenvalue weighted by molar-refractivity contribution is -0.131. The Balaban J connectivity index is 0.000000690. The van der Waals surface area contributed by atoms with E-state index < -0.39 is 5.97 Å². The number of aliphatic carboxylic acids is 1. The highest BCUT2D eigenvalue weighted by Gasteiger charge is 2.30. The number of phenols is 2. The van der Waals surface area contributed by atoms with Gasteiger partial charge in [-0.2, -0.15) is 0 Å². The van der Waals surface area contributed by atoms with Crippen molar-refractivity contribution in [2.24, 2.45) is 0 Å². The molecule has 4 heteroatoms. The number of hydrogen-bond acceptors (Lipinski definition) is 3. The topological polar surface area (TPSA) is 77.8 Å². The van der Waals surface area contributed by atoms with E-state index in [0.717, 1.165) is 17.2 Å². The molecule has 4 nitrogen and oxygen atoms in total. The Morgan fingerprint density at radius 3 is 1.33 bits per heavy atom. The summed E-state index contributed by atoms with van der Waals surface area (Å²) in [7, 11) is 0. The van der Waals surface area contributed by atoms with Gasteiger partial charge in [0.25, 0.3) is 0 Å². The zero-order valence-electron chi connectivity index (χ0n) is 13.7. The van der Waals surface area contributed by atoms with Crippen LogP contribution in [0.5, 0.6) is 11.5 Å². The fourth-order valence-corrected chi connectivity index (χ4v) is 2.10. The zero-order chi connectivity index (χ0) is 17.0. The van der Waals surface area contributed by atoms with Crippen LogP contribution in [0.2, 0.25) is 0 Å². The van der Waals surface area contributed by atoms with Crippen molar-refractivity contribution in [3.8, 4) is 11.5 Å².